The molecule has 0 spiro atoms. The second-order valence-electron chi connectivity index (χ2n) is 3.43. The molecule has 0 saturated heterocycles. The van der Waals surface area contributed by atoms with Crippen LogP contribution >= 0.6 is 24.0 Å². The van der Waals surface area contributed by atoms with Gasteiger partial charge in [0.25, 0.3) is 0 Å². The summed E-state index contributed by atoms with van der Waals surface area (Å²) < 4.78 is 0. The Labute approximate surface area is 118 Å². The van der Waals surface area contributed by atoms with Crippen LogP contribution < -0.4 is 16.8 Å². The average Bonchev–Trinajstić information content (AvgIpc) is 2.19. The van der Waals surface area contributed by atoms with Crippen molar-refractivity contribution >= 4 is 41.5 Å². The second-order valence-corrected chi connectivity index (χ2v) is 3.43. The zero-order chi connectivity index (χ0) is 12.0. The third-order valence-electron chi connectivity index (χ3n) is 1.97. The molecule has 0 aliphatic carbocycles. The molecule has 5 N–H and O–H groups in total. The standard InChI is InChI=1S/C11H16N4O.HI/c1-8(16)15-10-4-2-9(3-5-10)6-7-14-11(12)13;/h2-5H,6-7H2,1H3,(H,15,16)(H4,12,13,14);1H. The van der Waals surface area contributed by atoms with Crippen molar-refractivity contribution < 1.29 is 4.79 Å². The Kier molecular flexibility index (Phi) is 7.27. The molecule has 5 nitrogen and oxygen atoms in total. The number of carbonyl (C=O) groups excluding carboxylic acids is 1. The maximum atomic E-state index is 10.8. The smallest absolute Gasteiger partial charge is 0.221 e. The monoisotopic (exact) mass is 348 g/mol. The molecule has 6 heteroatoms. The molecule has 1 rings (SSSR count). The van der Waals surface area contributed by atoms with Gasteiger partial charge in [-0.25, -0.2) is 0 Å². The molecular weight excluding hydrogens is 331 g/mol. The van der Waals surface area contributed by atoms with Crippen molar-refractivity contribution in [3.63, 3.8) is 0 Å². The highest BCUT2D eigenvalue weighted by molar-refractivity contribution is 14.0. The summed E-state index contributed by atoms with van der Waals surface area (Å²) in [6, 6.07) is 7.58. The average molecular weight is 348 g/mol. The van der Waals surface area contributed by atoms with Gasteiger partial charge in [-0.15, -0.1) is 24.0 Å². The maximum absolute atomic E-state index is 10.8. The van der Waals surface area contributed by atoms with E-state index in [0.717, 1.165) is 17.7 Å². The number of amides is 1. The van der Waals surface area contributed by atoms with E-state index in [-0.39, 0.29) is 35.8 Å². The lowest BCUT2D eigenvalue weighted by Crippen LogP contribution is -2.23. The van der Waals surface area contributed by atoms with Crippen LogP contribution in [0.2, 0.25) is 0 Å². The number of benzene rings is 1. The summed E-state index contributed by atoms with van der Waals surface area (Å²) in [6.07, 6.45) is 0.776. The lowest BCUT2D eigenvalue weighted by molar-refractivity contribution is -0.114. The van der Waals surface area contributed by atoms with E-state index in [2.05, 4.69) is 10.3 Å². The summed E-state index contributed by atoms with van der Waals surface area (Å²) >= 11 is 0. The van der Waals surface area contributed by atoms with Crippen LogP contribution in [-0.2, 0) is 11.2 Å². The normalized spacial score (nSPS) is 9.00. The molecule has 0 aromatic heterocycles. The lowest BCUT2D eigenvalue weighted by atomic mass is 10.1. The molecule has 0 radical (unpaired) electrons. The van der Waals surface area contributed by atoms with E-state index in [9.17, 15) is 4.79 Å². The summed E-state index contributed by atoms with van der Waals surface area (Å²) in [5.74, 6) is 0.0307. The van der Waals surface area contributed by atoms with Crippen LogP contribution in [0.3, 0.4) is 0 Å². The van der Waals surface area contributed by atoms with Gasteiger partial charge in [0.05, 0.1) is 0 Å². The number of nitrogens with zero attached hydrogens (tertiary/aromatic N) is 1. The number of hydrogen-bond acceptors (Lipinski definition) is 2. The molecule has 0 saturated carbocycles. The van der Waals surface area contributed by atoms with Crippen molar-refractivity contribution in [3.05, 3.63) is 29.8 Å². The van der Waals surface area contributed by atoms with E-state index in [1.807, 2.05) is 24.3 Å². The van der Waals surface area contributed by atoms with Gasteiger partial charge in [0.1, 0.15) is 0 Å². The second kappa shape index (κ2) is 7.88. The van der Waals surface area contributed by atoms with Gasteiger partial charge < -0.3 is 16.8 Å². The molecule has 0 unspecified atom stereocenters. The zero-order valence-corrected chi connectivity index (χ0v) is 12.0. The Bertz CT molecular complexity index is 385. The molecular formula is C11H17IN4O. The fraction of sp³-hybridized carbons (Fsp3) is 0.273. The first-order chi connectivity index (χ1) is 7.58. The summed E-state index contributed by atoms with van der Waals surface area (Å²) in [5, 5.41) is 2.70. The Balaban J connectivity index is 0.00000256. The SMILES string of the molecule is CC(=O)Nc1ccc(CCN=C(N)N)cc1.I. The predicted molar refractivity (Wildman–Crippen MR) is 80.5 cm³/mol. The number of nitrogens with one attached hydrogen (secondary N) is 1. The van der Waals surface area contributed by atoms with Crippen LogP contribution in [0, 0.1) is 0 Å². The zero-order valence-electron chi connectivity index (χ0n) is 9.64. The molecule has 1 amide bonds. The minimum absolute atomic E-state index is 0. The van der Waals surface area contributed by atoms with E-state index in [1.54, 1.807) is 0 Å². The number of aliphatic imine (C=N–C) groups is 1. The number of guanidine groups is 1. The summed E-state index contributed by atoms with van der Waals surface area (Å²) in [6.45, 7) is 2.05. The van der Waals surface area contributed by atoms with Crippen molar-refractivity contribution in [2.45, 2.75) is 13.3 Å². The van der Waals surface area contributed by atoms with Crippen LogP contribution in [-0.4, -0.2) is 18.4 Å². The number of carbonyl (C=O) groups is 1. The van der Waals surface area contributed by atoms with Crippen LogP contribution in [0.5, 0.6) is 0 Å². The number of hydrogen-bond donors (Lipinski definition) is 3. The topological polar surface area (TPSA) is 93.5 Å². The molecule has 1 aromatic carbocycles. The first-order valence-corrected chi connectivity index (χ1v) is 5.00. The van der Waals surface area contributed by atoms with Gasteiger partial charge >= 0.3 is 0 Å². The third kappa shape index (κ3) is 6.77. The Morgan fingerprint density at radius 2 is 1.88 bits per heavy atom. The first kappa shape index (κ1) is 15.7. The van der Waals surface area contributed by atoms with Gasteiger partial charge in [-0.2, -0.15) is 0 Å². The fourth-order valence-corrected chi connectivity index (χ4v) is 1.27. The molecule has 0 aliphatic rings. The van der Waals surface area contributed by atoms with Crippen molar-refractivity contribution in [1.29, 1.82) is 0 Å². The third-order valence-corrected chi connectivity index (χ3v) is 1.97. The van der Waals surface area contributed by atoms with Crippen LogP contribution in [0.1, 0.15) is 12.5 Å². The van der Waals surface area contributed by atoms with Crippen molar-refractivity contribution in [2.24, 2.45) is 16.5 Å². The van der Waals surface area contributed by atoms with Crippen LogP contribution in [0.15, 0.2) is 29.3 Å². The molecule has 94 valence electrons. The molecule has 0 atom stereocenters. The van der Waals surface area contributed by atoms with E-state index >= 15 is 0 Å². The summed E-state index contributed by atoms with van der Waals surface area (Å²) in [7, 11) is 0. The molecule has 1 aromatic rings. The Hall–Kier alpha value is -1.31. The maximum Gasteiger partial charge on any atom is 0.221 e. The quantitative estimate of drug-likeness (QED) is 0.432. The molecule has 0 bridgehead atoms. The summed E-state index contributed by atoms with van der Waals surface area (Å²) in [5.41, 5.74) is 12.3. The van der Waals surface area contributed by atoms with Gasteiger partial charge in [0.15, 0.2) is 5.96 Å². The molecule has 17 heavy (non-hydrogen) atoms. The Morgan fingerprint density at radius 3 is 2.35 bits per heavy atom. The van der Waals surface area contributed by atoms with Gasteiger partial charge in [0, 0.05) is 19.2 Å². The number of halogens is 1. The van der Waals surface area contributed by atoms with E-state index in [4.69, 9.17) is 11.5 Å². The van der Waals surface area contributed by atoms with Crippen molar-refractivity contribution in [3.8, 4) is 0 Å². The van der Waals surface area contributed by atoms with E-state index in [0.29, 0.717) is 6.54 Å². The molecule has 0 heterocycles. The van der Waals surface area contributed by atoms with Crippen LogP contribution in [0.4, 0.5) is 5.69 Å². The minimum atomic E-state index is -0.0757. The summed E-state index contributed by atoms with van der Waals surface area (Å²) in [4.78, 5) is 14.7. The highest BCUT2D eigenvalue weighted by atomic mass is 127. The molecule has 0 aliphatic heterocycles. The van der Waals surface area contributed by atoms with E-state index < -0.39 is 0 Å². The van der Waals surface area contributed by atoms with E-state index in [1.165, 1.54) is 6.92 Å². The highest BCUT2D eigenvalue weighted by Crippen LogP contribution is 2.09. The van der Waals surface area contributed by atoms with Crippen LogP contribution in [0.25, 0.3) is 0 Å². The number of rotatable bonds is 4. The highest BCUT2D eigenvalue weighted by Gasteiger charge is 1.96. The van der Waals surface area contributed by atoms with Gasteiger partial charge in [0.2, 0.25) is 5.91 Å². The Morgan fingerprint density at radius 1 is 1.29 bits per heavy atom. The van der Waals surface area contributed by atoms with Crippen molar-refractivity contribution in [2.75, 3.05) is 11.9 Å². The number of anilines is 1. The van der Waals surface area contributed by atoms with Crippen molar-refractivity contribution in [1.82, 2.24) is 0 Å². The predicted octanol–water partition coefficient (Wildman–Crippen LogP) is 1.08. The molecule has 0 fully saturated rings. The largest absolute Gasteiger partial charge is 0.370 e. The van der Waals surface area contributed by atoms with Gasteiger partial charge in [-0.3, -0.25) is 9.79 Å². The minimum Gasteiger partial charge on any atom is -0.370 e. The first-order valence-electron chi connectivity index (χ1n) is 5.00. The number of nitrogens with two attached hydrogens (primary N) is 2. The fourth-order valence-electron chi connectivity index (χ4n) is 1.27. The van der Waals surface area contributed by atoms with Gasteiger partial charge in [-0.1, -0.05) is 12.1 Å². The van der Waals surface area contributed by atoms with Gasteiger partial charge in [-0.05, 0) is 24.1 Å². The lowest BCUT2D eigenvalue weighted by Gasteiger charge is -2.03.